The topological polar surface area (TPSA) is 73.5 Å². The molecule has 0 aromatic rings. The van der Waals surface area contributed by atoms with Crippen molar-refractivity contribution in [3.63, 3.8) is 0 Å². The number of likely N-dealkylation sites (tertiary alicyclic amines) is 1. The third-order valence-electron chi connectivity index (χ3n) is 4.07. The van der Waals surface area contributed by atoms with Gasteiger partial charge < -0.3 is 20.9 Å². The number of hydrogen-bond donors (Lipinski definition) is 3. The molecule has 1 saturated heterocycles. The van der Waals surface area contributed by atoms with Crippen molar-refractivity contribution in [2.45, 2.75) is 46.6 Å². The molecule has 1 atom stereocenters. The van der Waals surface area contributed by atoms with Crippen LogP contribution in [0.1, 0.15) is 40.5 Å². The van der Waals surface area contributed by atoms with Crippen molar-refractivity contribution in [3.05, 3.63) is 0 Å². The van der Waals surface area contributed by atoms with Crippen LogP contribution in [-0.2, 0) is 4.79 Å². The molecule has 0 aliphatic carbocycles. The van der Waals surface area contributed by atoms with Crippen LogP contribution in [0.15, 0.2) is 0 Å². The zero-order valence-electron chi connectivity index (χ0n) is 14.4. The highest BCUT2D eigenvalue weighted by atomic mass is 16.2. The summed E-state index contributed by atoms with van der Waals surface area (Å²) in [7, 11) is 0. The van der Waals surface area contributed by atoms with Gasteiger partial charge in [0.15, 0.2) is 0 Å². The van der Waals surface area contributed by atoms with Gasteiger partial charge in [0.05, 0.1) is 0 Å². The number of piperidine rings is 1. The fourth-order valence-corrected chi connectivity index (χ4v) is 2.60. The summed E-state index contributed by atoms with van der Waals surface area (Å²) in [5.74, 6) is 0.518. The number of amides is 3. The maximum atomic E-state index is 11.7. The van der Waals surface area contributed by atoms with Gasteiger partial charge >= 0.3 is 6.03 Å². The van der Waals surface area contributed by atoms with Crippen LogP contribution in [0.2, 0.25) is 0 Å². The van der Waals surface area contributed by atoms with E-state index in [-0.39, 0.29) is 17.9 Å². The number of hydrogen-bond acceptors (Lipinski definition) is 3. The Morgan fingerprint density at radius 1 is 1.09 bits per heavy atom. The quantitative estimate of drug-likeness (QED) is 0.618. The minimum absolute atomic E-state index is 0.0122. The fourth-order valence-electron chi connectivity index (χ4n) is 2.60. The van der Waals surface area contributed by atoms with E-state index >= 15 is 0 Å². The molecule has 1 aliphatic heterocycles. The van der Waals surface area contributed by atoms with E-state index in [2.05, 4.69) is 34.7 Å². The second-order valence-corrected chi connectivity index (χ2v) is 6.68. The van der Waals surface area contributed by atoms with E-state index in [1.165, 1.54) is 12.8 Å². The standard InChI is InChI=1S/C16H32N4O2/c1-12(2)15(21)17-7-8-18-16(22)19-10-14-6-5-9-20(11-14)13(3)4/h12-14H,5-11H2,1-4H3,(H,17,21)(H2,18,19,22)/t14-/m1/s1. The molecule has 0 unspecified atom stereocenters. The third kappa shape index (κ3) is 7.11. The van der Waals surface area contributed by atoms with Gasteiger partial charge in [0.2, 0.25) is 5.91 Å². The number of rotatable bonds is 7. The van der Waals surface area contributed by atoms with Gasteiger partial charge in [0, 0.05) is 38.1 Å². The summed E-state index contributed by atoms with van der Waals surface area (Å²) in [5.41, 5.74) is 0. The molecule has 6 nitrogen and oxygen atoms in total. The number of carbonyl (C=O) groups is 2. The minimum atomic E-state index is -0.152. The van der Waals surface area contributed by atoms with Crippen LogP contribution in [0, 0.1) is 11.8 Å². The Labute approximate surface area is 134 Å². The summed E-state index contributed by atoms with van der Waals surface area (Å²) < 4.78 is 0. The lowest BCUT2D eigenvalue weighted by Crippen LogP contribution is -2.46. The first-order chi connectivity index (χ1) is 10.4. The summed E-state index contributed by atoms with van der Waals surface area (Å²) in [4.78, 5) is 25.6. The van der Waals surface area contributed by atoms with Crippen molar-refractivity contribution in [3.8, 4) is 0 Å². The number of urea groups is 1. The SMILES string of the molecule is CC(C)C(=O)NCCNC(=O)NC[C@H]1CCCN(C(C)C)C1. The maximum Gasteiger partial charge on any atom is 0.314 e. The number of carbonyl (C=O) groups excluding carboxylic acids is 2. The lowest BCUT2D eigenvalue weighted by atomic mass is 9.97. The van der Waals surface area contributed by atoms with Crippen molar-refractivity contribution >= 4 is 11.9 Å². The highest BCUT2D eigenvalue weighted by Gasteiger charge is 2.21. The van der Waals surface area contributed by atoms with E-state index in [1.807, 2.05) is 13.8 Å². The molecule has 3 amide bonds. The second-order valence-electron chi connectivity index (χ2n) is 6.68. The molecular weight excluding hydrogens is 280 g/mol. The van der Waals surface area contributed by atoms with Gasteiger partial charge in [0.25, 0.3) is 0 Å². The molecule has 128 valence electrons. The molecule has 0 bridgehead atoms. The normalized spacial score (nSPS) is 19.3. The summed E-state index contributed by atoms with van der Waals surface area (Å²) in [5, 5.41) is 8.48. The van der Waals surface area contributed by atoms with E-state index in [9.17, 15) is 9.59 Å². The van der Waals surface area contributed by atoms with E-state index in [0.717, 1.165) is 13.1 Å². The van der Waals surface area contributed by atoms with Gasteiger partial charge in [-0.05, 0) is 39.2 Å². The lowest BCUT2D eigenvalue weighted by Gasteiger charge is -2.35. The molecule has 6 heteroatoms. The minimum Gasteiger partial charge on any atom is -0.354 e. The van der Waals surface area contributed by atoms with Gasteiger partial charge in [-0.3, -0.25) is 4.79 Å². The fraction of sp³-hybridized carbons (Fsp3) is 0.875. The zero-order chi connectivity index (χ0) is 16.5. The lowest BCUT2D eigenvalue weighted by molar-refractivity contribution is -0.123. The largest absolute Gasteiger partial charge is 0.354 e. The molecule has 3 N–H and O–H groups in total. The molecule has 0 spiro atoms. The van der Waals surface area contributed by atoms with Crippen molar-refractivity contribution in [1.29, 1.82) is 0 Å². The Bertz CT molecular complexity index is 358. The average molecular weight is 312 g/mol. The molecule has 1 aliphatic rings. The van der Waals surface area contributed by atoms with Crippen molar-refractivity contribution in [2.24, 2.45) is 11.8 Å². The summed E-state index contributed by atoms with van der Waals surface area (Å²) in [6, 6.07) is 0.418. The molecular formula is C16H32N4O2. The molecule has 0 radical (unpaired) electrons. The van der Waals surface area contributed by atoms with Gasteiger partial charge in [-0.1, -0.05) is 13.8 Å². The van der Waals surface area contributed by atoms with E-state index in [4.69, 9.17) is 0 Å². The summed E-state index contributed by atoms with van der Waals surface area (Å²) in [6.07, 6.45) is 2.38. The maximum absolute atomic E-state index is 11.7. The predicted octanol–water partition coefficient (Wildman–Crippen LogP) is 1.18. The van der Waals surface area contributed by atoms with Crippen LogP contribution in [0.3, 0.4) is 0 Å². The van der Waals surface area contributed by atoms with Crippen molar-refractivity contribution < 1.29 is 9.59 Å². The van der Waals surface area contributed by atoms with Crippen LogP contribution in [-0.4, -0.2) is 55.6 Å². The Hall–Kier alpha value is -1.30. The number of nitrogens with one attached hydrogen (secondary N) is 3. The monoisotopic (exact) mass is 312 g/mol. The van der Waals surface area contributed by atoms with Gasteiger partial charge in [-0.25, -0.2) is 4.79 Å². The van der Waals surface area contributed by atoms with Crippen LogP contribution in [0.25, 0.3) is 0 Å². The predicted molar refractivity (Wildman–Crippen MR) is 88.7 cm³/mol. The highest BCUT2D eigenvalue weighted by molar-refractivity contribution is 5.78. The Morgan fingerprint density at radius 3 is 2.41 bits per heavy atom. The summed E-state index contributed by atoms with van der Waals surface area (Å²) in [6.45, 7) is 12.0. The molecule has 1 fully saturated rings. The van der Waals surface area contributed by atoms with Crippen LogP contribution < -0.4 is 16.0 Å². The Kier molecular flexibility index (Phi) is 8.24. The molecule has 0 aromatic heterocycles. The van der Waals surface area contributed by atoms with E-state index < -0.39 is 0 Å². The molecule has 1 rings (SSSR count). The number of nitrogens with zero attached hydrogens (tertiary/aromatic N) is 1. The first-order valence-corrected chi connectivity index (χ1v) is 8.43. The smallest absolute Gasteiger partial charge is 0.314 e. The highest BCUT2D eigenvalue weighted by Crippen LogP contribution is 2.17. The van der Waals surface area contributed by atoms with E-state index in [1.54, 1.807) is 0 Å². The zero-order valence-corrected chi connectivity index (χ0v) is 14.4. The molecule has 0 saturated carbocycles. The Morgan fingerprint density at radius 2 is 1.77 bits per heavy atom. The third-order valence-corrected chi connectivity index (χ3v) is 4.07. The first-order valence-electron chi connectivity index (χ1n) is 8.43. The Balaban J connectivity index is 2.11. The summed E-state index contributed by atoms with van der Waals surface area (Å²) >= 11 is 0. The second kappa shape index (κ2) is 9.66. The van der Waals surface area contributed by atoms with Crippen LogP contribution in [0.5, 0.6) is 0 Å². The van der Waals surface area contributed by atoms with E-state index in [0.29, 0.717) is 31.6 Å². The van der Waals surface area contributed by atoms with Crippen molar-refractivity contribution in [2.75, 3.05) is 32.7 Å². The van der Waals surface area contributed by atoms with Crippen molar-refractivity contribution in [1.82, 2.24) is 20.9 Å². The van der Waals surface area contributed by atoms with Crippen LogP contribution in [0.4, 0.5) is 4.79 Å². The van der Waals surface area contributed by atoms with Gasteiger partial charge in [-0.15, -0.1) is 0 Å². The molecule has 0 aromatic carbocycles. The average Bonchev–Trinajstić information content (AvgIpc) is 2.49. The molecule has 22 heavy (non-hydrogen) atoms. The van der Waals surface area contributed by atoms with Crippen LogP contribution >= 0.6 is 0 Å². The van der Waals surface area contributed by atoms with Gasteiger partial charge in [0.1, 0.15) is 0 Å². The molecule has 1 heterocycles. The first kappa shape index (κ1) is 18.7. The van der Waals surface area contributed by atoms with Gasteiger partial charge in [-0.2, -0.15) is 0 Å².